The van der Waals surface area contributed by atoms with Crippen molar-refractivity contribution in [3.05, 3.63) is 152 Å². The van der Waals surface area contributed by atoms with Crippen molar-refractivity contribution < 1.29 is 1.37 Å². The lowest BCUT2D eigenvalue weighted by Crippen LogP contribution is -2.61. The highest BCUT2D eigenvalue weighted by Crippen LogP contribution is 2.45. The summed E-state index contributed by atoms with van der Waals surface area (Å²) in [5.41, 5.74) is 12.8. The van der Waals surface area contributed by atoms with Crippen LogP contribution in [0.4, 0.5) is 34.1 Å². The van der Waals surface area contributed by atoms with Crippen LogP contribution < -0.4 is 26.2 Å². The molecule has 8 rings (SSSR count). The fourth-order valence-electron chi connectivity index (χ4n) is 6.41. The van der Waals surface area contributed by atoms with Crippen LogP contribution >= 0.6 is 0 Å². The molecule has 0 saturated heterocycles. The Morgan fingerprint density at radius 2 is 0.949 bits per heavy atom. The number of hydrogen-bond donors (Lipinski definition) is 0. The number of fused-ring (bicyclic) bond motifs is 4. The smallest absolute Gasteiger partial charge is 0.252 e. The number of anilines is 6. The maximum Gasteiger partial charge on any atom is 0.252 e. The molecule has 0 spiro atoms. The van der Waals surface area contributed by atoms with E-state index in [4.69, 9.17) is 1.37 Å². The minimum Gasteiger partial charge on any atom is -0.311 e. The summed E-state index contributed by atoms with van der Waals surface area (Å²) in [7, 11) is 0. The summed E-state index contributed by atoms with van der Waals surface area (Å²) in [5.74, 6) is 0. The molecule has 0 saturated carbocycles. The van der Waals surface area contributed by atoms with Gasteiger partial charge in [-0.3, -0.25) is 0 Å². The lowest BCUT2D eigenvalue weighted by molar-refractivity contribution is 1.25. The van der Waals surface area contributed by atoms with Gasteiger partial charge in [0, 0.05) is 34.0 Å². The Labute approximate surface area is 230 Å². The summed E-state index contributed by atoms with van der Waals surface area (Å²) in [4.78, 5) is 4.71. The van der Waals surface area contributed by atoms with Crippen LogP contribution in [0.3, 0.4) is 0 Å². The predicted molar refractivity (Wildman–Crippen MR) is 166 cm³/mol. The Kier molecular flexibility index (Phi) is 4.72. The van der Waals surface area contributed by atoms with Gasteiger partial charge < -0.3 is 9.80 Å². The Bertz CT molecular complexity index is 1890. The van der Waals surface area contributed by atoms with E-state index in [1.165, 1.54) is 22.0 Å². The van der Waals surface area contributed by atoms with E-state index in [2.05, 4.69) is 143 Å². The second-order valence-corrected chi connectivity index (χ2v) is 10.1. The number of nitrogens with zero attached hydrogens (tertiary/aromatic N) is 2. The largest absolute Gasteiger partial charge is 0.311 e. The standard InChI is InChI=1S/C36H25BN2/c1-3-14-26(15-4-1)28-18-7-10-21-31(28)39-33-23-12-9-20-30(33)37-29-19-8-11-22-32(29)38(27-16-5-2-6-17-27)34-24-13-25-35(39)36(34)37/h1-25H/i13D. The number of hydrogen-bond acceptors (Lipinski definition) is 2. The first-order chi connectivity index (χ1) is 19.8. The van der Waals surface area contributed by atoms with Crippen molar-refractivity contribution in [1.29, 1.82) is 0 Å². The van der Waals surface area contributed by atoms with Crippen molar-refractivity contribution in [1.82, 2.24) is 0 Å². The lowest BCUT2D eigenvalue weighted by atomic mass is 9.33. The van der Waals surface area contributed by atoms with Crippen molar-refractivity contribution in [3.8, 4) is 11.1 Å². The molecule has 3 heteroatoms. The summed E-state index contributed by atoms with van der Waals surface area (Å²) in [5, 5.41) is 0. The molecule has 0 aromatic heterocycles. The van der Waals surface area contributed by atoms with Crippen molar-refractivity contribution >= 4 is 57.2 Å². The van der Waals surface area contributed by atoms with Gasteiger partial charge in [0.25, 0.3) is 6.71 Å². The normalized spacial score (nSPS) is 13.3. The van der Waals surface area contributed by atoms with Gasteiger partial charge in [0.05, 0.1) is 7.06 Å². The van der Waals surface area contributed by atoms with Crippen molar-refractivity contribution in [3.63, 3.8) is 0 Å². The highest BCUT2D eigenvalue weighted by molar-refractivity contribution is 7.00. The molecule has 0 bridgehead atoms. The van der Waals surface area contributed by atoms with Crippen LogP contribution in [0.1, 0.15) is 1.37 Å². The second-order valence-electron chi connectivity index (χ2n) is 10.1. The molecule has 39 heavy (non-hydrogen) atoms. The lowest BCUT2D eigenvalue weighted by Gasteiger charge is -2.44. The summed E-state index contributed by atoms with van der Waals surface area (Å²) >= 11 is 0. The Morgan fingerprint density at radius 1 is 0.436 bits per heavy atom. The van der Waals surface area contributed by atoms with Crippen LogP contribution in [-0.4, -0.2) is 6.71 Å². The minimum absolute atomic E-state index is 0.0677. The van der Waals surface area contributed by atoms with Gasteiger partial charge in [0.1, 0.15) is 0 Å². The van der Waals surface area contributed by atoms with Gasteiger partial charge in [-0.15, -0.1) is 0 Å². The number of para-hydroxylation sites is 4. The third-order valence-corrected chi connectivity index (χ3v) is 7.98. The highest BCUT2D eigenvalue weighted by atomic mass is 15.2. The van der Waals surface area contributed by atoms with Crippen LogP contribution in [0.15, 0.2) is 152 Å². The molecule has 2 aliphatic heterocycles. The van der Waals surface area contributed by atoms with Crippen LogP contribution in [0.25, 0.3) is 11.1 Å². The Balaban J connectivity index is 1.47. The first-order valence-corrected chi connectivity index (χ1v) is 13.4. The molecule has 0 atom stereocenters. The van der Waals surface area contributed by atoms with Crippen molar-refractivity contribution in [2.75, 3.05) is 9.80 Å². The van der Waals surface area contributed by atoms with E-state index in [0.717, 1.165) is 39.7 Å². The zero-order valence-corrected chi connectivity index (χ0v) is 21.3. The van der Waals surface area contributed by atoms with Crippen LogP contribution in [-0.2, 0) is 0 Å². The van der Waals surface area contributed by atoms with Gasteiger partial charge >= 0.3 is 0 Å². The second kappa shape index (κ2) is 8.78. The molecule has 2 aliphatic rings. The van der Waals surface area contributed by atoms with E-state index in [1.807, 2.05) is 12.1 Å². The maximum atomic E-state index is 9.01. The van der Waals surface area contributed by atoms with Crippen LogP contribution in [0.5, 0.6) is 0 Å². The third kappa shape index (κ3) is 3.30. The molecule has 0 N–H and O–H groups in total. The first kappa shape index (κ1) is 21.0. The number of benzene rings is 6. The molecule has 2 heterocycles. The SMILES string of the molecule is [2H]c1cc2c3c(c1)N(c1ccccc1-c1ccccc1)c1ccccc1B3c1ccccc1N2c1ccccc1. The summed E-state index contributed by atoms with van der Waals surface area (Å²) in [6, 6.07) is 51.8. The van der Waals surface area contributed by atoms with Crippen molar-refractivity contribution in [2.45, 2.75) is 0 Å². The molecule has 0 fully saturated rings. The summed E-state index contributed by atoms with van der Waals surface area (Å²) in [6.45, 7) is 0.0677. The molecule has 6 aromatic rings. The molecule has 2 nitrogen and oxygen atoms in total. The van der Waals surface area contributed by atoms with Crippen LogP contribution in [0, 0.1) is 0 Å². The van der Waals surface area contributed by atoms with Gasteiger partial charge in [0.2, 0.25) is 0 Å². The van der Waals surface area contributed by atoms with Crippen LogP contribution in [0.2, 0.25) is 0 Å². The molecular weight excluding hydrogens is 471 g/mol. The summed E-state index contributed by atoms with van der Waals surface area (Å²) < 4.78 is 9.01. The third-order valence-electron chi connectivity index (χ3n) is 7.98. The average Bonchev–Trinajstić information content (AvgIpc) is 3.01. The molecule has 182 valence electrons. The molecule has 0 amide bonds. The van der Waals surface area contributed by atoms with E-state index in [9.17, 15) is 0 Å². The fourth-order valence-corrected chi connectivity index (χ4v) is 6.41. The number of rotatable bonds is 3. The molecule has 0 radical (unpaired) electrons. The maximum absolute atomic E-state index is 9.01. The van der Waals surface area contributed by atoms with E-state index >= 15 is 0 Å². The van der Waals surface area contributed by atoms with E-state index in [1.54, 1.807) is 0 Å². The topological polar surface area (TPSA) is 6.48 Å². The van der Waals surface area contributed by atoms with E-state index in [0.29, 0.717) is 6.04 Å². The first-order valence-electron chi connectivity index (χ1n) is 13.9. The molecular formula is C36H25BN2. The Hall–Kier alpha value is -5.02. The minimum atomic E-state index is 0.0677. The average molecular weight is 497 g/mol. The van der Waals surface area contributed by atoms with E-state index in [-0.39, 0.29) is 6.71 Å². The van der Waals surface area contributed by atoms with Gasteiger partial charge in [-0.2, -0.15) is 0 Å². The van der Waals surface area contributed by atoms with Gasteiger partial charge in [0.15, 0.2) is 0 Å². The quantitative estimate of drug-likeness (QED) is 0.234. The van der Waals surface area contributed by atoms with Gasteiger partial charge in [-0.25, -0.2) is 0 Å². The van der Waals surface area contributed by atoms with Crippen molar-refractivity contribution in [2.24, 2.45) is 0 Å². The van der Waals surface area contributed by atoms with E-state index < -0.39 is 0 Å². The van der Waals surface area contributed by atoms with Gasteiger partial charge in [-0.1, -0.05) is 109 Å². The summed E-state index contributed by atoms with van der Waals surface area (Å²) in [6.07, 6.45) is 0. The molecule has 0 aliphatic carbocycles. The highest BCUT2D eigenvalue weighted by Gasteiger charge is 2.42. The van der Waals surface area contributed by atoms with Gasteiger partial charge in [-0.05, 0) is 64.4 Å². The Morgan fingerprint density at radius 3 is 1.64 bits per heavy atom. The molecule has 0 unspecified atom stereocenters. The fraction of sp³-hybridized carbons (Fsp3) is 0. The zero-order chi connectivity index (χ0) is 26.6. The monoisotopic (exact) mass is 497 g/mol. The zero-order valence-electron chi connectivity index (χ0n) is 22.3. The predicted octanol–water partition coefficient (Wildman–Crippen LogP) is 7.44. The molecule has 6 aromatic carbocycles.